The van der Waals surface area contributed by atoms with E-state index in [2.05, 4.69) is 28.4 Å². The molecule has 1 heterocycles. The number of rotatable bonds is 7. The van der Waals surface area contributed by atoms with E-state index in [4.69, 9.17) is 10.00 Å². The molecule has 1 amide bonds. The molecular formula is C26H25N3O2. The van der Waals surface area contributed by atoms with E-state index in [9.17, 15) is 4.79 Å². The van der Waals surface area contributed by atoms with Crippen molar-refractivity contribution < 1.29 is 9.53 Å². The highest BCUT2D eigenvalue weighted by Crippen LogP contribution is 2.23. The highest BCUT2D eigenvalue weighted by molar-refractivity contribution is 5.95. The van der Waals surface area contributed by atoms with Crippen molar-refractivity contribution in [3.05, 3.63) is 95.6 Å². The van der Waals surface area contributed by atoms with E-state index in [1.54, 1.807) is 6.07 Å². The number of ether oxygens (including phenoxy) is 1. The fourth-order valence-electron chi connectivity index (χ4n) is 3.92. The Morgan fingerprint density at radius 2 is 1.84 bits per heavy atom. The SMILES string of the molecule is N#Cc1cccc(COc2cccc(NC(=O)C3CCCN3Cc3ccccc3)c2)c1. The lowest BCUT2D eigenvalue weighted by Crippen LogP contribution is -2.39. The van der Waals surface area contributed by atoms with Crippen LogP contribution in [0.25, 0.3) is 0 Å². The third kappa shape index (κ3) is 5.50. The van der Waals surface area contributed by atoms with Crippen molar-refractivity contribution in [1.82, 2.24) is 4.90 Å². The second-order valence-corrected chi connectivity index (χ2v) is 7.73. The summed E-state index contributed by atoms with van der Waals surface area (Å²) in [7, 11) is 0. The van der Waals surface area contributed by atoms with Gasteiger partial charge in [0.2, 0.25) is 5.91 Å². The van der Waals surface area contributed by atoms with Gasteiger partial charge in [0.05, 0.1) is 17.7 Å². The summed E-state index contributed by atoms with van der Waals surface area (Å²) in [6.07, 6.45) is 1.89. The fraction of sp³-hybridized carbons (Fsp3) is 0.231. The molecule has 1 unspecified atom stereocenters. The molecule has 4 rings (SSSR count). The summed E-state index contributed by atoms with van der Waals surface area (Å²) >= 11 is 0. The maximum absolute atomic E-state index is 13.0. The summed E-state index contributed by atoms with van der Waals surface area (Å²) in [6, 6.07) is 27.1. The fourth-order valence-corrected chi connectivity index (χ4v) is 3.92. The molecule has 0 spiro atoms. The number of anilines is 1. The standard InChI is InChI=1S/C26H25N3O2/c27-17-21-9-4-10-22(15-21)19-31-24-12-5-11-23(16-24)28-26(30)25-13-6-14-29(25)18-20-7-2-1-3-8-20/h1-5,7-12,15-16,25H,6,13-14,18-19H2,(H,28,30). The first kappa shape index (κ1) is 20.6. The zero-order chi connectivity index (χ0) is 21.5. The number of likely N-dealkylation sites (tertiary alicyclic amines) is 1. The van der Waals surface area contributed by atoms with Crippen molar-refractivity contribution in [3.63, 3.8) is 0 Å². The predicted octanol–water partition coefficient (Wildman–Crippen LogP) is 4.74. The molecule has 1 aliphatic rings. The summed E-state index contributed by atoms with van der Waals surface area (Å²) < 4.78 is 5.87. The summed E-state index contributed by atoms with van der Waals surface area (Å²) in [5.74, 6) is 0.694. The number of benzene rings is 3. The van der Waals surface area contributed by atoms with Crippen LogP contribution in [0.3, 0.4) is 0 Å². The van der Waals surface area contributed by atoms with Gasteiger partial charge in [-0.15, -0.1) is 0 Å². The van der Waals surface area contributed by atoms with Crippen molar-refractivity contribution in [2.75, 3.05) is 11.9 Å². The third-order valence-corrected chi connectivity index (χ3v) is 5.46. The number of nitriles is 1. The van der Waals surface area contributed by atoms with Crippen LogP contribution < -0.4 is 10.1 Å². The molecule has 31 heavy (non-hydrogen) atoms. The highest BCUT2D eigenvalue weighted by atomic mass is 16.5. The third-order valence-electron chi connectivity index (χ3n) is 5.46. The molecule has 0 aromatic heterocycles. The van der Waals surface area contributed by atoms with Gasteiger partial charge in [0.15, 0.2) is 0 Å². The Labute approximate surface area is 182 Å². The molecule has 0 radical (unpaired) electrons. The molecule has 0 aliphatic carbocycles. The van der Waals surface area contributed by atoms with Crippen LogP contribution in [0.1, 0.15) is 29.5 Å². The lowest BCUT2D eigenvalue weighted by atomic mass is 10.1. The Kier molecular flexibility index (Phi) is 6.61. The number of nitrogens with zero attached hydrogens (tertiary/aromatic N) is 2. The average Bonchev–Trinajstić information content (AvgIpc) is 3.27. The minimum atomic E-state index is -0.126. The monoisotopic (exact) mass is 411 g/mol. The maximum atomic E-state index is 13.0. The second kappa shape index (κ2) is 9.92. The van der Waals surface area contributed by atoms with Crippen LogP contribution in [0.5, 0.6) is 5.75 Å². The van der Waals surface area contributed by atoms with Crippen molar-refractivity contribution in [2.45, 2.75) is 32.0 Å². The van der Waals surface area contributed by atoms with Gasteiger partial charge in [0, 0.05) is 18.3 Å². The molecule has 3 aromatic carbocycles. The number of carbonyl (C=O) groups excluding carboxylic acids is 1. The van der Waals surface area contributed by atoms with Crippen molar-refractivity contribution in [3.8, 4) is 11.8 Å². The Morgan fingerprint density at radius 3 is 2.68 bits per heavy atom. The molecule has 0 saturated carbocycles. The smallest absolute Gasteiger partial charge is 0.241 e. The predicted molar refractivity (Wildman–Crippen MR) is 120 cm³/mol. The first-order valence-electron chi connectivity index (χ1n) is 10.5. The van der Waals surface area contributed by atoms with E-state index >= 15 is 0 Å². The van der Waals surface area contributed by atoms with Crippen LogP contribution in [0.15, 0.2) is 78.9 Å². The van der Waals surface area contributed by atoms with Crippen LogP contribution in [-0.2, 0) is 17.9 Å². The molecule has 5 heteroatoms. The Bertz CT molecular complexity index is 1080. The Morgan fingerprint density at radius 1 is 1.03 bits per heavy atom. The number of hydrogen-bond donors (Lipinski definition) is 1. The van der Waals surface area contributed by atoms with E-state index in [1.165, 1.54) is 5.56 Å². The van der Waals surface area contributed by atoms with Gasteiger partial charge in [-0.2, -0.15) is 5.26 Å². The van der Waals surface area contributed by atoms with E-state index in [0.717, 1.165) is 37.2 Å². The van der Waals surface area contributed by atoms with Crippen LogP contribution in [-0.4, -0.2) is 23.4 Å². The molecular weight excluding hydrogens is 386 g/mol. The molecule has 5 nitrogen and oxygen atoms in total. The summed E-state index contributed by atoms with van der Waals surface area (Å²) in [6.45, 7) is 2.07. The van der Waals surface area contributed by atoms with Crippen LogP contribution >= 0.6 is 0 Å². The van der Waals surface area contributed by atoms with Crippen LogP contribution in [0.2, 0.25) is 0 Å². The van der Waals surface area contributed by atoms with Gasteiger partial charge >= 0.3 is 0 Å². The van der Waals surface area contributed by atoms with Gasteiger partial charge in [-0.05, 0) is 54.8 Å². The molecule has 1 saturated heterocycles. The molecule has 1 fully saturated rings. The molecule has 0 bridgehead atoms. The zero-order valence-electron chi connectivity index (χ0n) is 17.3. The molecule has 1 N–H and O–H groups in total. The maximum Gasteiger partial charge on any atom is 0.241 e. The number of nitrogens with one attached hydrogen (secondary N) is 1. The van der Waals surface area contributed by atoms with Crippen molar-refractivity contribution >= 4 is 11.6 Å². The summed E-state index contributed by atoms with van der Waals surface area (Å²) in [5, 5.41) is 12.1. The number of amides is 1. The van der Waals surface area contributed by atoms with Crippen molar-refractivity contribution in [2.24, 2.45) is 0 Å². The Hall–Kier alpha value is -3.62. The minimum absolute atomic E-state index is 0.0207. The van der Waals surface area contributed by atoms with Crippen LogP contribution in [0.4, 0.5) is 5.69 Å². The topological polar surface area (TPSA) is 65.4 Å². The quantitative estimate of drug-likeness (QED) is 0.610. The largest absolute Gasteiger partial charge is 0.489 e. The van der Waals surface area contributed by atoms with Gasteiger partial charge in [-0.3, -0.25) is 9.69 Å². The lowest BCUT2D eigenvalue weighted by Gasteiger charge is -2.23. The first-order chi connectivity index (χ1) is 15.2. The molecule has 1 atom stereocenters. The van der Waals surface area contributed by atoms with E-state index in [-0.39, 0.29) is 11.9 Å². The van der Waals surface area contributed by atoms with Gasteiger partial charge < -0.3 is 10.1 Å². The van der Waals surface area contributed by atoms with Gasteiger partial charge in [-0.1, -0.05) is 48.5 Å². The molecule has 156 valence electrons. The zero-order valence-corrected chi connectivity index (χ0v) is 17.3. The number of hydrogen-bond acceptors (Lipinski definition) is 4. The lowest BCUT2D eigenvalue weighted by molar-refractivity contribution is -0.120. The average molecular weight is 412 g/mol. The van der Waals surface area contributed by atoms with E-state index < -0.39 is 0 Å². The Balaban J connectivity index is 1.36. The normalized spacial score (nSPS) is 15.9. The van der Waals surface area contributed by atoms with Gasteiger partial charge in [0.25, 0.3) is 0 Å². The molecule has 3 aromatic rings. The minimum Gasteiger partial charge on any atom is -0.489 e. The van der Waals surface area contributed by atoms with Crippen LogP contribution in [0, 0.1) is 11.3 Å². The van der Waals surface area contributed by atoms with E-state index in [0.29, 0.717) is 17.9 Å². The summed E-state index contributed by atoms with van der Waals surface area (Å²) in [4.78, 5) is 15.2. The van der Waals surface area contributed by atoms with Gasteiger partial charge in [0.1, 0.15) is 12.4 Å². The second-order valence-electron chi connectivity index (χ2n) is 7.73. The number of carbonyl (C=O) groups is 1. The van der Waals surface area contributed by atoms with Gasteiger partial charge in [-0.25, -0.2) is 0 Å². The van der Waals surface area contributed by atoms with Crippen molar-refractivity contribution in [1.29, 1.82) is 5.26 Å². The van der Waals surface area contributed by atoms with E-state index in [1.807, 2.05) is 60.7 Å². The molecule has 1 aliphatic heterocycles. The first-order valence-corrected chi connectivity index (χ1v) is 10.5. The summed E-state index contributed by atoms with van der Waals surface area (Å²) in [5.41, 5.74) is 3.48. The highest BCUT2D eigenvalue weighted by Gasteiger charge is 2.30.